The molecule has 0 fully saturated rings. The van der Waals surface area contributed by atoms with Crippen molar-refractivity contribution >= 4 is 23.4 Å². The van der Waals surface area contributed by atoms with E-state index in [4.69, 9.17) is 4.42 Å². The molecule has 0 aliphatic carbocycles. The Hall–Kier alpha value is -2.50. The summed E-state index contributed by atoms with van der Waals surface area (Å²) in [4.78, 5) is 16.5. The number of amides is 1. The van der Waals surface area contributed by atoms with E-state index < -0.39 is 0 Å². The molecule has 2 aromatic carbocycles. The summed E-state index contributed by atoms with van der Waals surface area (Å²) in [6, 6.07) is 21.9. The van der Waals surface area contributed by atoms with Crippen LogP contribution in [-0.2, 0) is 11.3 Å². The number of carbonyl (C=O) groups excluding carboxylic acids is 1. The minimum absolute atomic E-state index is 0.0445. The van der Waals surface area contributed by atoms with E-state index in [0.29, 0.717) is 13.1 Å². The molecule has 0 aliphatic rings. The first-order valence-corrected chi connectivity index (χ1v) is 9.27. The smallest absolute Gasteiger partial charge is 0.238 e. The van der Waals surface area contributed by atoms with Crippen LogP contribution in [0.3, 0.4) is 0 Å². The first-order chi connectivity index (χ1) is 12.6. The van der Waals surface area contributed by atoms with Crippen LogP contribution in [0.2, 0.25) is 0 Å². The van der Waals surface area contributed by atoms with Crippen molar-refractivity contribution in [2.45, 2.75) is 23.3 Å². The molecule has 0 bridgehead atoms. The zero-order valence-corrected chi connectivity index (χ0v) is 15.8. The van der Waals surface area contributed by atoms with Crippen molar-refractivity contribution in [1.29, 1.82) is 0 Å². The number of carbonyl (C=O) groups is 1. The maximum atomic E-state index is 12.4. The second-order valence-corrected chi connectivity index (χ2v) is 7.26. The lowest BCUT2D eigenvalue weighted by molar-refractivity contribution is -0.117. The molecule has 4 nitrogen and oxygen atoms in total. The van der Waals surface area contributed by atoms with Crippen LogP contribution in [0.15, 0.2) is 80.9 Å². The van der Waals surface area contributed by atoms with Gasteiger partial charge in [0.15, 0.2) is 0 Å². The molecule has 26 heavy (non-hydrogen) atoms. The third-order valence-electron chi connectivity index (χ3n) is 3.77. The number of anilines is 1. The fourth-order valence-electron chi connectivity index (χ4n) is 2.60. The molecule has 0 radical (unpaired) electrons. The Morgan fingerprint density at radius 1 is 1.04 bits per heavy atom. The first kappa shape index (κ1) is 18.3. The van der Waals surface area contributed by atoms with Gasteiger partial charge < -0.3 is 9.73 Å². The van der Waals surface area contributed by atoms with Gasteiger partial charge in [-0.1, -0.05) is 42.1 Å². The van der Waals surface area contributed by atoms with Crippen LogP contribution in [-0.4, -0.2) is 24.4 Å². The van der Waals surface area contributed by atoms with Gasteiger partial charge in [0.2, 0.25) is 5.91 Å². The average molecular weight is 366 g/mol. The molecule has 1 aromatic heterocycles. The SMILES string of the molecule is Cc1ccc(CN(C)CC(=O)Nc2ccccc2Sc2ccccc2)o1. The van der Waals surface area contributed by atoms with E-state index in [2.05, 4.69) is 17.4 Å². The zero-order chi connectivity index (χ0) is 18.4. The van der Waals surface area contributed by atoms with Crippen molar-refractivity contribution in [3.8, 4) is 0 Å². The Morgan fingerprint density at radius 2 is 1.77 bits per heavy atom. The quantitative estimate of drug-likeness (QED) is 0.652. The van der Waals surface area contributed by atoms with Crippen LogP contribution < -0.4 is 5.32 Å². The number of rotatable bonds is 7. The molecule has 1 amide bonds. The molecule has 1 heterocycles. The van der Waals surface area contributed by atoms with Crippen molar-refractivity contribution in [1.82, 2.24) is 4.90 Å². The van der Waals surface area contributed by atoms with Crippen molar-refractivity contribution in [3.63, 3.8) is 0 Å². The van der Waals surface area contributed by atoms with Gasteiger partial charge in [0, 0.05) is 9.79 Å². The summed E-state index contributed by atoms with van der Waals surface area (Å²) in [7, 11) is 1.90. The average Bonchev–Trinajstić information content (AvgIpc) is 3.02. The number of hydrogen-bond donors (Lipinski definition) is 1. The van der Waals surface area contributed by atoms with Crippen molar-refractivity contribution in [2.75, 3.05) is 18.9 Å². The van der Waals surface area contributed by atoms with E-state index in [9.17, 15) is 4.79 Å². The summed E-state index contributed by atoms with van der Waals surface area (Å²) in [6.07, 6.45) is 0. The predicted octanol–water partition coefficient (Wildman–Crippen LogP) is 4.81. The fraction of sp³-hybridized carbons (Fsp3) is 0.190. The largest absolute Gasteiger partial charge is 0.465 e. The topological polar surface area (TPSA) is 45.5 Å². The van der Waals surface area contributed by atoms with E-state index in [-0.39, 0.29) is 5.91 Å². The van der Waals surface area contributed by atoms with Gasteiger partial charge in [-0.3, -0.25) is 9.69 Å². The van der Waals surface area contributed by atoms with Gasteiger partial charge >= 0.3 is 0 Å². The molecule has 5 heteroatoms. The summed E-state index contributed by atoms with van der Waals surface area (Å²) >= 11 is 1.64. The van der Waals surface area contributed by atoms with Crippen molar-refractivity contribution in [2.24, 2.45) is 0 Å². The number of aryl methyl sites for hydroxylation is 1. The number of nitrogens with one attached hydrogen (secondary N) is 1. The van der Waals surface area contributed by atoms with Gasteiger partial charge in [-0.25, -0.2) is 0 Å². The summed E-state index contributed by atoms with van der Waals surface area (Å²) in [6.45, 7) is 2.81. The van der Waals surface area contributed by atoms with E-state index >= 15 is 0 Å². The Balaban J connectivity index is 1.60. The number of nitrogens with zero attached hydrogens (tertiary/aromatic N) is 1. The summed E-state index contributed by atoms with van der Waals surface area (Å²) in [5, 5.41) is 3.02. The highest BCUT2D eigenvalue weighted by Crippen LogP contribution is 2.33. The maximum absolute atomic E-state index is 12.4. The minimum atomic E-state index is -0.0445. The summed E-state index contributed by atoms with van der Waals surface area (Å²) in [5.74, 6) is 1.69. The molecule has 0 aliphatic heterocycles. The zero-order valence-electron chi connectivity index (χ0n) is 14.9. The molecule has 3 rings (SSSR count). The number of hydrogen-bond acceptors (Lipinski definition) is 4. The van der Waals surface area contributed by atoms with E-state index in [1.165, 1.54) is 0 Å². The Labute approximate surface area is 158 Å². The fourth-order valence-corrected chi connectivity index (χ4v) is 3.52. The summed E-state index contributed by atoms with van der Waals surface area (Å²) < 4.78 is 5.56. The molecular weight excluding hydrogens is 344 g/mol. The highest BCUT2D eigenvalue weighted by atomic mass is 32.2. The number of para-hydroxylation sites is 1. The molecule has 0 saturated carbocycles. The number of likely N-dealkylation sites (N-methyl/N-ethyl adjacent to an activating group) is 1. The standard InChI is InChI=1S/C21H22N2O2S/c1-16-12-13-17(25-16)14-23(2)15-21(24)22-19-10-6-7-11-20(19)26-18-8-4-3-5-9-18/h3-13H,14-15H2,1-2H3,(H,22,24). The van der Waals surface area contributed by atoms with Gasteiger partial charge in [0.1, 0.15) is 11.5 Å². The lowest BCUT2D eigenvalue weighted by Crippen LogP contribution is -2.29. The first-order valence-electron chi connectivity index (χ1n) is 8.46. The van der Waals surface area contributed by atoms with Crippen molar-refractivity contribution < 1.29 is 9.21 Å². The second kappa shape index (κ2) is 8.74. The third kappa shape index (κ3) is 5.25. The Kier molecular flexibility index (Phi) is 6.15. The van der Waals surface area contributed by atoms with Gasteiger partial charge in [0.05, 0.1) is 18.8 Å². The van der Waals surface area contributed by atoms with Gasteiger partial charge in [0.25, 0.3) is 0 Å². The monoisotopic (exact) mass is 366 g/mol. The summed E-state index contributed by atoms with van der Waals surface area (Å²) in [5.41, 5.74) is 0.827. The van der Waals surface area contributed by atoms with E-state index in [1.807, 2.05) is 73.5 Å². The van der Waals surface area contributed by atoms with Crippen LogP contribution in [0.4, 0.5) is 5.69 Å². The molecule has 0 atom stereocenters. The predicted molar refractivity (Wildman–Crippen MR) is 105 cm³/mol. The number of benzene rings is 2. The maximum Gasteiger partial charge on any atom is 0.238 e. The molecule has 0 spiro atoms. The molecular formula is C21H22N2O2S. The molecule has 134 valence electrons. The van der Waals surface area contributed by atoms with Crippen LogP contribution >= 0.6 is 11.8 Å². The molecule has 0 unspecified atom stereocenters. The van der Waals surface area contributed by atoms with E-state index in [0.717, 1.165) is 27.0 Å². The lowest BCUT2D eigenvalue weighted by Gasteiger charge is -2.16. The molecule has 1 N–H and O–H groups in total. The van der Waals surface area contributed by atoms with Crippen LogP contribution in [0.5, 0.6) is 0 Å². The van der Waals surface area contributed by atoms with Crippen LogP contribution in [0, 0.1) is 6.92 Å². The van der Waals surface area contributed by atoms with Gasteiger partial charge in [-0.05, 0) is 50.4 Å². The molecule has 3 aromatic rings. The Bertz CT molecular complexity index is 861. The highest BCUT2D eigenvalue weighted by molar-refractivity contribution is 7.99. The van der Waals surface area contributed by atoms with Crippen molar-refractivity contribution in [3.05, 3.63) is 78.3 Å². The lowest BCUT2D eigenvalue weighted by atomic mass is 10.3. The number of furan rings is 1. The Morgan fingerprint density at radius 3 is 2.50 bits per heavy atom. The second-order valence-electron chi connectivity index (χ2n) is 6.14. The van der Waals surface area contributed by atoms with Crippen LogP contribution in [0.25, 0.3) is 0 Å². The normalized spacial score (nSPS) is 10.9. The minimum Gasteiger partial charge on any atom is -0.465 e. The third-order valence-corrected chi connectivity index (χ3v) is 4.85. The highest BCUT2D eigenvalue weighted by Gasteiger charge is 2.11. The van der Waals surface area contributed by atoms with Crippen LogP contribution in [0.1, 0.15) is 11.5 Å². The van der Waals surface area contributed by atoms with E-state index in [1.54, 1.807) is 11.8 Å². The van der Waals surface area contributed by atoms with Gasteiger partial charge in [-0.15, -0.1) is 0 Å². The molecule has 0 saturated heterocycles. The van der Waals surface area contributed by atoms with Gasteiger partial charge in [-0.2, -0.15) is 0 Å².